The molecular formula is C5H11NNdO2. The first-order chi connectivity index (χ1) is 3.85. The minimum Gasteiger partial charge on any atom is -0.371 e. The molecule has 0 aromatic carbocycles. The van der Waals surface area contributed by atoms with Crippen LogP contribution in [-0.4, -0.2) is 24.6 Å². The van der Waals surface area contributed by atoms with Gasteiger partial charge >= 0.3 is 6.47 Å². The van der Waals surface area contributed by atoms with Crippen molar-refractivity contribution in [1.82, 2.24) is 5.06 Å². The topological polar surface area (TPSA) is 29.5 Å². The zero-order chi connectivity index (χ0) is 6.41. The number of hydrogen-bond donors (Lipinski definition) is 0. The maximum atomic E-state index is 9.67. The van der Waals surface area contributed by atoms with Crippen LogP contribution >= 0.6 is 0 Å². The van der Waals surface area contributed by atoms with Gasteiger partial charge < -0.3 is 4.84 Å². The molecule has 0 rings (SSSR count). The molecule has 0 fully saturated rings. The summed E-state index contributed by atoms with van der Waals surface area (Å²) in [6.07, 6.45) is 0. The van der Waals surface area contributed by atoms with Gasteiger partial charge in [0.25, 0.3) is 0 Å². The Bertz CT molecular complexity index is 66.0. The van der Waals surface area contributed by atoms with Crippen molar-refractivity contribution in [2.24, 2.45) is 0 Å². The maximum absolute atomic E-state index is 9.67. The van der Waals surface area contributed by atoms with Gasteiger partial charge in [-0.15, -0.1) is 5.06 Å². The number of hydroxylamine groups is 2. The molecule has 0 aliphatic rings. The van der Waals surface area contributed by atoms with Gasteiger partial charge in [-0.3, -0.25) is 4.79 Å². The summed E-state index contributed by atoms with van der Waals surface area (Å²) in [7, 11) is 0. The fourth-order valence-corrected chi connectivity index (χ4v) is 0.434. The summed E-state index contributed by atoms with van der Waals surface area (Å²) in [6, 6.07) is 0. The van der Waals surface area contributed by atoms with Crippen molar-refractivity contribution in [3.8, 4) is 0 Å². The molecule has 3 nitrogen and oxygen atoms in total. The van der Waals surface area contributed by atoms with Crippen LogP contribution in [0.2, 0.25) is 0 Å². The van der Waals surface area contributed by atoms with Gasteiger partial charge in [-0.05, 0) is 13.8 Å². The number of nitrogens with zero attached hydrogens (tertiary/aromatic N) is 1. The van der Waals surface area contributed by atoms with Crippen LogP contribution < -0.4 is 0 Å². The van der Waals surface area contributed by atoms with E-state index in [-0.39, 0.29) is 40.8 Å². The Hall–Kier alpha value is 0.781. The standard InChI is InChI=1S/C5H11NO2.Nd/c1-3-6(4-2)8-5-7;/h5H,3-4H2,1-2H3;. The third-order valence-corrected chi connectivity index (χ3v) is 0.898. The summed E-state index contributed by atoms with van der Waals surface area (Å²) in [5.74, 6) is 0. The molecule has 4 heteroatoms. The van der Waals surface area contributed by atoms with Gasteiger partial charge in [0.2, 0.25) is 0 Å². The van der Waals surface area contributed by atoms with Crippen LogP contribution in [0.25, 0.3) is 0 Å². The van der Waals surface area contributed by atoms with E-state index in [1.807, 2.05) is 13.8 Å². The normalized spacial score (nSPS) is 8.33. The predicted octanol–water partition coefficient (Wildman–Crippen LogP) is 0.416. The molecule has 52 valence electrons. The fraction of sp³-hybridized carbons (Fsp3) is 0.800. The molecule has 0 bridgehead atoms. The van der Waals surface area contributed by atoms with E-state index in [4.69, 9.17) is 0 Å². The molecule has 0 saturated carbocycles. The van der Waals surface area contributed by atoms with Crippen LogP contribution in [0.1, 0.15) is 13.8 Å². The Morgan fingerprint density at radius 3 is 2.00 bits per heavy atom. The van der Waals surface area contributed by atoms with Crippen molar-refractivity contribution in [2.75, 3.05) is 13.1 Å². The first kappa shape index (κ1) is 12.5. The first-order valence-electron chi connectivity index (χ1n) is 2.70. The molecule has 0 atom stereocenters. The van der Waals surface area contributed by atoms with E-state index in [1.54, 1.807) is 5.06 Å². The van der Waals surface area contributed by atoms with Crippen LogP contribution in [0.5, 0.6) is 0 Å². The van der Waals surface area contributed by atoms with Crippen LogP contribution in [0, 0.1) is 40.8 Å². The average Bonchev–Trinajstić information content (AvgIpc) is 1.83. The molecule has 9 heavy (non-hydrogen) atoms. The molecule has 0 spiro atoms. The third kappa shape index (κ3) is 6.67. The van der Waals surface area contributed by atoms with Gasteiger partial charge in [-0.25, -0.2) is 0 Å². The molecule has 0 amide bonds. The quantitative estimate of drug-likeness (QED) is 0.542. The molecule has 0 radical (unpaired) electrons. The van der Waals surface area contributed by atoms with Gasteiger partial charge in [-0.2, -0.15) is 0 Å². The van der Waals surface area contributed by atoms with Gasteiger partial charge in [0.1, 0.15) is 0 Å². The van der Waals surface area contributed by atoms with Gasteiger partial charge in [0.15, 0.2) is 0 Å². The Morgan fingerprint density at radius 1 is 1.44 bits per heavy atom. The molecule has 0 aliphatic carbocycles. The van der Waals surface area contributed by atoms with Crippen molar-refractivity contribution in [2.45, 2.75) is 13.8 Å². The van der Waals surface area contributed by atoms with Crippen molar-refractivity contribution in [1.29, 1.82) is 0 Å². The smallest absolute Gasteiger partial charge is 0.312 e. The molecule has 0 aliphatic heterocycles. The second kappa shape index (κ2) is 8.78. The van der Waals surface area contributed by atoms with Crippen molar-refractivity contribution in [3.63, 3.8) is 0 Å². The Balaban J connectivity index is 0. The second-order valence-corrected chi connectivity index (χ2v) is 1.32. The molecule has 0 aromatic rings. The minimum atomic E-state index is 0. The number of hydrogen-bond acceptors (Lipinski definition) is 3. The zero-order valence-corrected chi connectivity index (χ0v) is 8.96. The minimum absolute atomic E-state index is 0. The molecule has 0 unspecified atom stereocenters. The van der Waals surface area contributed by atoms with Crippen molar-refractivity contribution < 1.29 is 50.5 Å². The average molecular weight is 261 g/mol. The van der Waals surface area contributed by atoms with Gasteiger partial charge in [-0.1, -0.05) is 0 Å². The van der Waals surface area contributed by atoms with E-state index in [0.29, 0.717) is 6.47 Å². The maximum Gasteiger partial charge on any atom is 0.312 e. The summed E-state index contributed by atoms with van der Waals surface area (Å²) in [6.45, 7) is 5.78. The zero-order valence-electron chi connectivity index (χ0n) is 5.76. The Kier molecular flexibility index (Phi) is 12.2. The van der Waals surface area contributed by atoms with Crippen LogP contribution in [0.4, 0.5) is 0 Å². The Labute approximate surface area is 88.2 Å². The number of carbonyl (C=O) groups excluding carboxylic acids is 1. The summed E-state index contributed by atoms with van der Waals surface area (Å²) in [4.78, 5) is 14.2. The largest absolute Gasteiger partial charge is 0.371 e. The molecule has 0 heterocycles. The van der Waals surface area contributed by atoms with Crippen LogP contribution in [0.15, 0.2) is 0 Å². The summed E-state index contributed by atoms with van der Waals surface area (Å²) in [5, 5.41) is 1.56. The van der Waals surface area contributed by atoms with E-state index in [9.17, 15) is 4.79 Å². The molecular weight excluding hydrogens is 250 g/mol. The monoisotopic (exact) mass is 259 g/mol. The molecule has 0 aromatic heterocycles. The molecule has 0 N–H and O–H groups in total. The van der Waals surface area contributed by atoms with Crippen LogP contribution in [-0.2, 0) is 9.63 Å². The van der Waals surface area contributed by atoms with E-state index < -0.39 is 0 Å². The third-order valence-electron chi connectivity index (χ3n) is 0.898. The summed E-state index contributed by atoms with van der Waals surface area (Å²) >= 11 is 0. The van der Waals surface area contributed by atoms with E-state index >= 15 is 0 Å². The fourth-order valence-electron chi connectivity index (χ4n) is 0.434. The van der Waals surface area contributed by atoms with Crippen LogP contribution in [0.3, 0.4) is 0 Å². The number of carbonyl (C=O) groups is 1. The van der Waals surface area contributed by atoms with Gasteiger partial charge in [0, 0.05) is 53.9 Å². The van der Waals surface area contributed by atoms with Gasteiger partial charge in [0.05, 0.1) is 0 Å². The first-order valence-corrected chi connectivity index (χ1v) is 2.70. The molecule has 0 saturated heterocycles. The van der Waals surface area contributed by atoms with E-state index in [1.165, 1.54) is 0 Å². The van der Waals surface area contributed by atoms with Crippen molar-refractivity contribution >= 4 is 6.47 Å². The summed E-state index contributed by atoms with van der Waals surface area (Å²) in [5.41, 5.74) is 0. The number of rotatable bonds is 4. The van der Waals surface area contributed by atoms with Crippen molar-refractivity contribution in [3.05, 3.63) is 0 Å². The SMILES string of the molecule is CCN(CC)OC=O.[Nd]. The predicted molar refractivity (Wildman–Crippen MR) is 30.1 cm³/mol. The Morgan fingerprint density at radius 2 is 1.89 bits per heavy atom. The second-order valence-electron chi connectivity index (χ2n) is 1.32. The van der Waals surface area contributed by atoms with E-state index in [2.05, 4.69) is 4.84 Å². The summed E-state index contributed by atoms with van der Waals surface area (Å²) < 4.78 is 0. The van der Waals surface area contributed by atoms with E-state index in [0.717, 1.165) is 13.1 Å².